The van der Waals surface area contributed by atoms with E-state index in [0.717, 1.165) is 16.6 Å². The number of nitro benzene ring substituents is 1. The molecule has 0 saturated carbocycles. The highest BCUT2D eigenvalue weighted by atomic mass is 79.9. The maximum Gasteiger partial charge on any atom is 0.310 e. The van der Waals surface area contributed by atoms with Gasteiger partial charge in [-0.05, 0) is 46.3 Å². The summed E-state index contributed by atoms with van der Waals surface area (Å²) >= 11 is 6.61. The lowest BCUT2D eigenvalue weighted by molar-refractivity contribution is -0.385. The second-order valence-corrected chi connectivity index (χ2v) is 5.81. The zero-order valence-electron chi connectivity index (χ0n) is 10.3. The summed E-state index contributed by atoms with van der Waals surface area (Å²) < 4.78 is 1.52. The van der Waals surface area contributed by atoms with Crippen LogP contribution in [0.2, 0.25) is 0 Å². The van der Waals surface area contributed by atoms with Gasteiger partial charge in [0.05, 0.1) is 10.6 Å². The van der Waals surface area contributed by atoms with E-state index in [9.17, 15) is 20.0 Å². The zero-order valence-corrected chi connectivity index (χ0v) is 13.5. The molecule has 0 spiro atoms. The van der Waals surface area contributed by atoms with E-state index in [1.54, 1.807) is 18.2 Å². The lowest BCUT2D eigenvalue weighted by Crippen LogP contribution is -2.12. The number of nitro groups is 1. The summed E-state index contributed by atoms with van der Waals surface area (Å²) in [4.78, 5) is 21.9. The van der Waals surface area contributed by atoms with Gasteiger partial charge in [-0.15, -0.1) is 0 Å². The van der Waals surface area contributed by atoms with Crippen LogP contribution in [0.5, 0.6) is 5.75 Å². The van der Waals surface area contributed by atoms with Gasteiger partial charge in [-0.25, -0.2) is 0 Å². The molecule has 6 nitrogen and oxygen atoms in total. The van der Waals surface area contributed by atoms with Gasteiger partial charge in [0.2, 0.25) is 0 Å². The molecule has 0 atom stereocenters. The average Bonchev–Trinajstić information content (AvgIpc) is 2.41. The number of anilines is 1. The highest BCUT2D eigenvalue weighted by molar-refractivity contribution is 9.11. The van der Waals surface area contributed by atoms with Crippen molar-refractivity contribution >= 4 is 49.1 Å². The van der Waals surface area contributed by atoms with Crippen LogP contribution < -0.4 is 5.32 Å². The molecule has 0 unspecified atom stereocenters. The van der Waals surface area contributed by atoms with Crippen LogP contribution in [0, 0.1) is 10.1 Å². The third kappa shape index (κ3) is 3.59. The molecule has 2 N–H and O–H groups in total. The number of halogens is 2. The van der Waals surface area contributed by atoms with Gasteiger partial charge < -0.3 is 10.4 Å². The number of carbonyl (C=O) groups excluding carboxylic acids is 1. The van der Waals surface area contributed by atoms with Crippen molar-refractivity contribution in [2.45, 2.75) is 0 Å². The van der Waals surface area contributed by atoms with E-state index >= 15 is 0 Å². The Kier molecular flexibility index (Phi) is 4.59. The summed E-state index contributed by atoms with van der Waals surface area (Å²) in [5.41, 5.74) is 0.213. The van der Waals surface area contributed by atoms with Gasteiger partial charge in [0, 0.05) is 20.6 Å². The second kappa shape index (κ2) is 6.23. The van der Waals surface area contributed by atoms with Crippen LogP contribution in [0.4, 0.5) is 11.4 Å². The van der Waals surface area contributed by atoms with Crippen molar-refractivity contribution in [1.29, 1.82) is 0 Å². The molecule has 0 bridgehead atoms. The van der Waals surface area contributed by atoms with Gasteiger partial charge >= 0.3 is 5.69 Å². The summed E-state index contributed by atoms with van der Waals surface area (Å²) in [7, 11) is 0. The molecular formula is C13H8Br2N2O4. The van der Waals surface area contributed by atoms with Crippen molar-refractivity contribution in [2.24, 2.45) is 0 Å². The molecule has 108 valence electrons. The molecule has 2 aromatic carbocycles. The molecule has 0 radical (unpaired) electrons. The van der Waals surface area contributed by atoms with E-state index < -0.39 is 22.3 Å². The first kappa shape index (κ1) is 15.5. The SMILES string of the molecule is O=C(Nc1ccc(Br)cc1Br)c1ccc([N+](=O)[O-])c(O)c1. The molecular weight excluding hydrogens is 408 g/mol. The van der Waals surface area contributed by atoms with Crippen LogP contribution in [-0.2, 0) is 0 Å². The van der Waals surface area contributed by atoms with Crippen molar-refractivity contribution in [3.63, 3.8) is 0 Å². The van der Waals surface area contributed by atoms with E-state index in [1.807, 2.05) is 0 Å². The normalized spacial score (nSPS) is 10.2. The molecule has 0 aliphatic heterocycles. The molecule has 21 heavy (non-hydrogen) atoms. The fourth-order valence-corrected chi connectivity index (χ4v) is 2.75. The van der Waals surface area contributed by atoms with Crippen LogP contribution in [0.3, 0.4) is 0 Å². The first-order valence-corrected chi connectivity index (χ1v) is 7.21. The van der Waals surface area contributed by atoms with Crippen molar-refractivity contribution in [1.82, 2.24) is 0 Å². The predicted octanol–water partition coefficient (Wildman–Crippen LogP) is 4.08. The number of nitrogens with zero attached hydrogens (tertiary/aromatic N) is 1. The Morgan fingerprint density at radius 3 is 2.48 bits per heavy atom. The first-order chi connectivity index (χ1) is 9.88. The highest BCUT2D eigenvalue weighted by Crippen LogP contribution is 2.29. The standard InChI is InChI=1S/C13H8Br2N2O4/c14-8-2-3-10(9(15)6-8)16-13(19)7-1-4-11(17(20)21)12(18)5-7/h1-6,18H,(H,16,19). The largest absolute Gasteiger partial charge is 0.502 e. The average molecular weight is 416 g/mol. The van der Waals surface area contributed by atoms with Crippen LogP contribution in [-0.4, -0.2) is 15.9 Å². The van der Waals surface area contributed by atoms with Gasteiger partial charge in [-0.2, -0.15) is 0 Å². The molecule has 2 aromatic rings. The summed E-state index contributed by atoms with van der Waals surface area (Å²) in [6.07, 6.45) is 0. The van der Waals surface area contributed by atoms with Crippen LogP contribution >= 0.6 is 31.9 Å². The first-order valence-electron chi connectivity index (χ1n) is 5.62. The van der Waals surface area contributed by atoms with Gasteiger partial charge in [-0.3, -0.25) is 14.9 Å². The van der Waals surface area contributed by atoms with Crippen molar-refractivity contribution in [3.05, 3.63) is 61.0 Å². The Morgan fingerprint density at radius 1 is 1.19 bits per heavy atom. The van der Waals surface area contributed by atoms with Crippen LogP contribution in [0.25, 0.3) is 0 Å². The Labute approximate surface area is 136 Å². The highest BCUT2D eigenvalue weighted by Gasteiger charge is 2.16. The minimum absolute atomic E-state index is 0.118. The number of carbonyl (C=O) groups is 1. The molecule has 0 aromatic heterocycles. The maximum atomic E-state index is 12.1. The minimum atomic E-state index is -0.720. The number of phenols is 1. The number of amides is 1. The van der Waals surface area contributed by atoms with Crippen molar-refractivity contribution < 1.29 is 14.8 Å². The summed E-state index contributed by atoms with van der Waals surface area (Å²) in [5, 5.41) is 22.8. The molecule has 8 heteroatoms. The Morgan fingerprint density at radius 2 is 1.90 bits per heavy atom. The summed E-state index contributed by atoms with van der Waals surface area (Å²) in [5.74, 6) is -1.04. The number of benzene rings is 2. The van der Waals surface area contributed by atoms with E-state index in [0.29, 0.717) is 10.2 Å². The molecule has 0 aliphatic rings. The third-order valence-corrected chi connectivity index (χ3v) is 3.76. The number of aromatic hydroxyl groups is 1. The van der Waals surface area contributed by atoms with Gasteiger partial charge in [0.1, 0.15) is 0 Å². The van der Waals surface area contributed by atoms with Gasteiger partial charge in [0.15, 0.2) is 5.75 Å². The maximum absolute atomic E-state index is 12.1. The zero-order chi connectivity index (χ0) is 15.6. The molecule has 1 amide bonds. The Balaban J connectivity index is 2.24. The number of hydrogen-bond donors (Lipinski definition) is 2. The van der Waals surface area contributed by atoms with Gasteiger partial charge in [-0.1, -0.05) is 15.9 Å². The Hall–Kier alpha value is -1.93. The molecule has 0 saturated heterocycles. The van der Waals surface area contributed by atoms with Crippen molar-refractivity contribution in [3.8, 4) is 5.75 Å². The number of rotatable bonds is 3. The topological polar surface area (TPSA) is 92.5 Å². The van der Waals surface area contributed by atoms with Crippen molar-refractivity contribution in [2.75, 3.05) is 5.32 Å². The van der Waals surface area contributed by atoms with E-state index in [-0.39, 0.29) is 5.56 Å². The monoisotopic (exact) mass is 414 g/mol. The van der Waals surface area contributed by atoms with E-state index in [4.69, 9.17) is 0 Å². The fraction of sp³-hybridized carbons (Fsp3) is 0. The lowest BCUT2D eigenvalue weighted by atomic mass is 10.1. The summed E-state index contributed by atoms with van der Waals surface area (Å²) in [6, 6.07) is 8.63. The van der Waals surface area contributed by atoms with Gasteiger partial charge in [0.25, 0.3) is 5.91 Å². The molecule has 0 aliphatic carbocycles. The molecule has 0 fully saturated rings. The number of nitrogens with one attached hydrogen (secondary N) is 1. The van der Waals surface area contributed by atoms with Crippen LogP contribution in [0.15, 0.2) is 45.3 Å². The van der Waals surface area contributed by atoms with Crippen LogP contribution in [0.1, 0.15) is 10.4 Å². The second-order valence-electron chi connectivity index (χ2n) is 4.04. The molecule has 2 rings (SSSR count). The number of phenolic OH excluding ortho intramolecular Hbond substituents is 1. The minimum Gasteiger partial charge on any atom is -0.502 e. The fourth-order valence-electron chi connectivity index (χ4n) is 1.60. The molecule has 0 heterocycles. The lowest BCUT2D eigenvalue weighted by Gasteiger charge is -2.08. The number of hydrogen-bond acceptors (Lipinski definition) is 4. The quantitative estimate of drug-likeness (QED) is 0.583. The van der Waals surface area contributed by atoms with E-state index in [2.05, 4.69) is 37.2 Å². The Bertz CT molecular complexity index is 734. The van der Waals surface area contributed by atoms with E-state index in [1.165, 1.54) is 6.07 Å². The summed E-state index contributed by atoms with van der Waals surface area (Å²) in [6.45, 7) is 0. The smallest absolute Gasteiger partial charge is 0.310 e. The third-order valence-electron chi connectivity index (χ3n) is 2.61. The predicted molar refractivity (Wildman–Crippen MR) is 84.6 cm³/mol.